The van der Waals surface area contributed by atoms with Crippen molar-refractivity contribution < 1.29 is 0 Å². The molecule has 0 bridgehead atoms. The summed E-state index contributed by atoms with van der Waals surface area (Å²) in [5.74, 6) is 0.481. The summed E-state index contributed by atoms with van der Waals surface area (Å²) >= 11 is 0. The quantitative estimate of drug-likeness (QED) is 0.926. The fraction of sp³-hybridized carbons (Fsp3) is 0.471. The zero-order valence-corrected chi connectivity index (χ0v) is 12.7. The van der Waals surface area contributed by atoms with E-state index in [-0.39, 0.29) is 16.9 Å². The highest BCUT2D eigenvalue weighted by atomic mass is 15.3. The summed E-state index contributed by atoms with van der Waals surface area (Å²) in [6.45, 7) is 9.23. The van der Waals surface area contributed by atoms with Gasteiger partial charge in [-0.15, -0.1) is 0 Å². The predicted molar refractivity (Wildman–Crippen MR) is 81.5 cm³/mol. The maximum atomic E-state index is 6.57. The molecule has 1 aliphatic rings. The minimum Gasteiger partial charge on any atom is -0.322 e. The highest BCUT2D eigenvalue weighted by molar-refractivity contribution is 5.34. The number of rotatable bonds is 3. The van der Waals surface area contributed by atoms with Gasteiger partial charge in [-0.2, -0.15) is 5.10 Å². The lowest BCUT2D eigenvalue weighted by atomic mass is 10.0. The largest absolute Gasteiger partial charge is 0.322 e. The van der Waals surface area contributed by atoms with Gasteiger partial charge in [0.25, 0.3) is 0 Å². The van der Waals surface area contributed by atoms with Crippen LogP contribution in [0.1, 0.15) is 39.4 Å². The molecule has 0 saturated heterocycles. The molecule has 0 spiro atoms. The lowest BCUT2D eigenvalue weighted by molar-refractivity contribution is 0.457. The van der Waals surface area contributed by atoms with Gasteiger partial charge in [-0.1, -0.05) is 45.9 Å². The first-order valence-electron chi connectivity index (χ1n) is 7.22. The lowest BCUT2D eigenvalue weighted by Gasteiger charge is -2.16. The second-order valence-corrected chi connectivity index (χ2v) is 6.95. The molecular weight excluding hydrogens is 246 g/mol. The zero-order valence-electron chi connectivity index (χ0n) is 12.7. The van der Waals surface area contributed by atoms with Crippen LogP contribution in [-0.2, 0) is 0 Å². The molecule has 0 amide bonds. The molecule has 1 atom stereocenters. The van der Waals surface area contributed by atoms with E-state index in [1.807, 2.05) is 35.1 Å². The van der Waals surface area contributed by atoms with Crippen LogP contribution in [0.15, 0.2) is 42.6 Å². The highest BCUT2D eigenvalue weighted by Gasteiger charge is 2.67. The number of nitrogens with two attached hydrogens (primary N) is 1. The van der Waals surface area contributed by atoms with Crippen LogP contribution in [0.3, 0.4) is 0 Å². The average Bonchev–Trinajstić information content (AvgIpc) is 2.76. The normalized spacial score (nSPS) is 21.6. The lowest BCUT2D eigenvalue weighted by Crippen LogP contribution is -2.20. The summed E-state index contributed by atoms with van der Waals surface area (Å²) in [7, 11) is 0. The minimum absolute atomic E-state index is 0.0164. The molecule has 3 heteroatoms. The number of para-hydroxylation sites is 1. The van der Waals surface area contributed by atoms with E-state index in [2.05, 4.69) is 44.9 Å². The van der Waals surface area contributed by atoms with Crippen LogP contribution in [0.5, 0.6) is 0 Å². The molecule has 20 heavy (non-hydrogen) atoms. The van der Waals surface area contributed by atoms with Crippen LogP contribution >= 0.6 is 0 Å². The SMILES string of the molecule is CC1(C)C(C(N)c2ccnn2-c2ccccc2)C1(C)C. The van der Waals surface area contributed by atoms with Gasteiger partial charge in [0.2, 0.25) is 0 Å². The molecule has 1 fully saturated rings. The summed E-state index contributed by atoms with van der Waals surface area (Å²) in [5, 5.41) is 4.45. The number of benzene rings is 1. The van der Waals surface area contributed by atoms with Gasteiger partial charge in [0.05, 0.1) is 17.4 Å². The molecule has 106 valence electrons. The first-order chi connectivity index (χ1) is 9.37. The molecule has 2 aromatic rings. The van der Waals surface area contributed by atoms with Crippen molar-refractivity contribution in [3.8, 4) is 5.69 Å². The number of hydrogen-bond acceptors (Lipinski definition) is 2. The monoisotopic (exact) mass is 269 g/mol. The Balaban J connectivity index is 1.96. The molecule has 1 aromatic carbocycles. The van der Waals surface area contributed by atoms with E-state index in [1.165, 1.54) is 0 Å². The standard InChI is InChI=1S/C17H23N3/c1-16(2)15(17(16,3)4)14(18)13-10-11-19-20(13)12-8-6-5-7-9-12/h5-11,14-15H,18H2,1-4H3. The second-order valence-electron chi connectivity index (χ2n) is 6.95. The maximum Gasteiger partial charge on any atom is 0.0649 e. The van der Waals surface area contributed by atoms with Crippen LogP contribution in [0.25, 0.3) is 5.69 Å². The predicted octanol–water partition coefficient (Wildman–Crippen LogP) is 3.55. The van der Waals surface area contributed by atoms with Gasteiger partial charge in [0.1, 0.15) is 0 Å². The summed E-state index contributed by atoms with van der Waals surface area (Å²) in [5.41, 5.74) is 9.29. The number of nitrogens with zero attached hydrogens (tertiary/aromatic N) is 2. The van der Waals surface area contributed by atoms with Gasteiger partial charge in [-0.05, 0) is 34.9 Å². The Labute approximate surface area is 120 Å². The highest BCUT2D eigenvalue weighted by Crippen LogP contribution is 2.71. The van der Waals surface area contributed by atoms with Crippen molar-refractivity contribution in [3.05, 3.63) is 48.3 Å². The maximum absolute atomic E-state index is 6.57. The Morgan fingerprint density at radius 2 is 1.65 bits per heavy atom. The molecule has 1 heterocycles. The van der Waals surface area contributed by atoms with E-state index in [0.29, 0.717) is 5.92 Å². The summed E-state index contributed by atoms with van der Waals surface area (Å²) in [4.78, 5) is 0. The zero-order chi connectivity index (χ0) is 14.5. The first kappa shape index (κ1) is 13.4. The van der Waals surface area contributed by atoms with E-state index < -0.39 is 0 Å². The third kappa shape index (κ3) is 1.73. The second kappa shape index (κ2) is 4.19. The fourth-order valence-corrected chi connectivity index (χ4v) is 3.67. The number of hydrogen-bond donors (Lipinski definition) is 1. The van der Waals surface area contributed by atoms with Crippen LogP contribution in [0.4, 0.5) is 0 Å². The molecule has 2 N–H and O–H groups in total. The van der Waals surface area contributed by atoms with Gasteiger partial charge in [0.15, 0.2) is 0 Å². The number of aromatic nitrogens is 2. The molecule has 1 aromatic heterocycles. The summed E-state index contributed by atoms with van der Waals surface area (Å²) in [6, 6.07) is 12.2. The van der Waals surface area contributed by atoms with Crippen molar-refractivity contribution >= 4 is 0 Å². The van der Waals surface area contributed by atoms with Gasteiger partial charge >= 0.3 is 0 Å². The fourth-order valence-electron chi connectivity index (χ4n) is 3.67. The summed E-state index contributed by atoms with van der Waals surface area (Å²) < 4.78 is 1.97. The molecule has 1 unspecified atom stereocenters. The molecule has 0 aliphatic heterocycles. The minimum atomic E-state index is 0.0164. The molecular formula is C17H23N3. The topological polar surface area (TPSA) is 43.8 Å². The van der Waals surface area contributed by atoms with Crippen LogP contribution in [0.2, 0.25) is 0 Å². The van der Waals surface area contributed by atoms with Gasteiger partial charge in [0, 0.05) is 6.20 Å². The first-order valence-corrected chi connectivity index (χ1v) is 7.22. The van der Waals surface area contributed by atoms with E-state index in [1.54, 1.807) is 0 Å². The average molecular weight is 269 g/mol. The Hall–Kier alpha value is -1.61. The molecule has 1 saturated carbocycles. The van der Waals surface area contributed by atoms with Crippen molar-refractivity contribution in [2.75, 3.05) is 0 Å². The van der Waals surface area contributed by atoms with Crippen molar-refractivity contribution in [2.45, 2.75) is 33.7 Å². The Morgan fingerprint density at radius 1 is 1.05 bits per heavy atom. The van der Waals surface area contributed by atoms with Gasteiger partial charge in [-0.25, -0.2) is 4.68 Å². The molecule has 3 nitrogen and oxygen atoms in total. The van der Waals surface area contributed by atoms with Crippen molar-refractivity contribution in [3.63, 3.8) is 0 Å². The van der Waals surface area contributed by atoms with E-state index in [0.717, 1.165) is 11.4 Å². The van der Waals surface area contributed by atoms with Gasteiger partial charge < -0.3 is 5.73 Å². The smallest absolute Gasteiger partial charge is 0.0649 e. The van der Waals surface area contributed by atoms with E-state index >= 15 is 0 Å². The van der Waals surface area contributed by atoms with Crippen molar-refractivity contribution in [1.82, 2.24) is 9.78 Å². The van der Waals surface area contributed by atoms with Crippen LogP contribution in [-0.4, -0.2) is 9.78 Å². The molecule has 3 rings (SSSR count). The van der Waals surface area contributed by atoms with E-state index in [4.69, 9.17) is 5.73 Å². The van der Waals surface area contributed by atoms with Crippen LogP contribution < -0.4 is 5.73 Å². The third-order valence-corrected chi connectivity index (χ3v) is 5.51. The van der Waals surface area contributed by atoms with Crippen LogP contribution in [0, 0.1) is 16.7 Å². The van der Waals surface area contributed by atoms with E-state index in [9.17, 15) is 0 Å². The van der Waals surface area contributed by atoms with Crippen molar-refractivity contribution in [1.29, 1.82) is 0 Å². The Morgan fingerprint density at radius 3 is 2.20 bits per heavy atom. The third-order valence-electron chi connectivity index (χ3n) is 5.51. The molecule has 1 aliphatic carbocycles. The summed E-state index contributed by atoms with van der Waals surface area (Å²) in [6.07, 6.45) is 1.84. The Bertz CT molecular complexity index is 596. The molecule has 0 radical (unpaired) electrons. The Kier molecular flexibility index (Phi) is 2.80. The van der Waals surface area contributed by atoms with Gasteiger partial charge in [-0.3, -0.25) is 0 Å². The van der Waals surface area contributed by atoms with Crippen molar-refractivity contribution in [2.24, 2.45) is 22.5 Å².